The van der Waals surface area contributed by atoms with Gasteiger partial charge in [-0.25, -0.2) is 8.42 Å². The van der Waals surface area contributed by atoms with Crippen LogP contribution in [0.15, 0.2) is 35.7 Å². The van der Waals surface area contributed by atoms with Crippen LogP contribution in [0.2, 0.25) is 0 Å². The summed E-state index contributed by atoms with van der Waals surface area (Å²) in [5.41, 5.74) is 2.12. The Morgan fingerprint density at radius 3 is 2.80 bits per heavy atom. The molecule has 3 nitrogen and oxygen atoms in total. The summed E-state index contributed by atoms with van der Waals surface area (Å²) in [6.45, 7) is 2.01. The minimum absolute atomic E-state index is 0.100. The molecular weight excluding hydrogens is 210 g/mol. The van der Waals surface area contributed by atoms with E-state index in [0.29, 0.717) is 0 Å². The monoisotopic (exact) mass is 223 g/mol. The summed E-state index contributed by atoms with van der Waals surface area (Å²) in [5.74, 6) is 0.154. The van der Waals surface area contributed by atoms with Crippen molar-refractivity contribution in [3.8, 4) is 0 Å². The van der Waals surface area contributed by atoms with Gasteiger partial charge >= 0.3 is 0 Å². The third kappa shape index (κ3) is 2.59. The lowest BCUT2D eigenvalue weighted by atomic mass is 10.2. The van der Waals surface area contributed by atoms with Gasteiger partial charge in [0.25, 0.3) is 0 Å². The fourth-order valence-corrected chi connectivity index (χ4v) is 2.85. The number of benzene rings is 1. The maximum atomic E-state index is 11.2. The van der Waals surface area contributed by atoms with Crippen LogP contribution in [-0.2, 0) is 9.84 Å². The van der Waals surface area contributed by atoms with Crippen molar-refractivity contribution in [2.24, 2.45) is 0 Å². The van der Waals surface area contributed by atoms with Gasteiger partial charge in [-0.3, -0.25) is 0 Å². The smallest absolute Gasteiger partial charge is 0.173 e. The maximum absolute atomic E-state index is 11.2. The van der Waals surface area contributed by atoms with Crippen LogP contribution in [0.1, 0.15) is 5.56 Å². The SMILES string of the molecule is Cc1cccc(N[C@H]2C=CS(=O)(=O)C2)c1. The molecular formula is C11H13NO2S. The molecule has 4 heteroatoms. The van der Waals surface area contributed by atoms with E-state index < -0.39 is 9.84 Å². The summed E-state index contributed by atoms with van der Waals surface area (Å²) in [6.07, 6.45) is 1.69. The fraction of sp³-hybridized carbons (Fsp3) is 0.273. The van der Waals surface area contributed by atoms with Crippen LogP contribution in [0.5, 0.6) is 0 Å². The molecule has 1 aliphatic rings. The zero-order valence-electron chi connectivity index (χ0n) is 8.47. The van der Waals surface area contributed by atoms with Gasteiger partial charge < -0.3 is 5.32 Å². The van der Waals surface area contributed by atoms with Gasteiger partial charge in [0.05, 0.1) is 11.8 Å². The number of aryl methyl sites for hydroxylation is 1. The molecule has 0 aliphatic carbocycles. The lowest BCUT2D eigenvalue weighted by Crippen LogP contribution is -2.20. The molecule has 2 rings (SSSR count). The Hall–Kier alpha value is -1.29. The van der Waals surface area contributed by atoms with Crippen LogP contribution < -0.4 is 5.32 Å². The van der Waals surface area contributed by atoms with Crippen molar-refractivity contribution < 1.29 is 8.42 Å². The van der Waals surface area contributed by atoms with E-state index >= 15 is 0 Å². The van der Waals surface area contributed by atoms with Crippen molar-refractivity contribution in [3.63, 3.8) is 0 Å². The zero-order valence-corrected chi connectivity index (χ0v) is 9.29. The van der Waals surface area contributed by atoms with Crippen molar-refractivity contribution >= 4 is 15.5 Å². The van der Waals surface area contributed by atoms with Gasteiger partial charge in [0.2, 0.25) is 0 Å². The Morgan fingerprint density at radius 2 is 2.20 bits per heavy atom. The molecule has 0 saturated carbocycles. The van der Waals surface area contributed by atoms with Gasteiger partial charge in [0, 0.05) is 11.1 Å². The number of sulfone groups is 1. The summed E-state index contributed by atoms with van der Waals surface area (Å²) in [7, 11) is -2.97. The molecule has 0 saturated heterocycles. The molecule has 1 aromatic rings. The standard InChI is InChI=1S/C11H13NO2S/c1-9-3-2-4-10(7-9)12-11-5-6-15(13,14)8-11/h2-7,11-12H,8H2,1H3/t11-/m0/s1. The van der Waals surface area contributed by atoms with E-state index in [2.05, 4.69) is 5.32 Å². The maximum Gasteiger partial charge on any atom is 0.173 e. The van der Waals surface area contributed by atoms with E-state index in [-0.39, 0.29) is 11.8 Å². The van der Waals surface area contributed by atoms with Crippen molar-refractivity contribution in [3.05, 3.63) is 41.3 Å². The molecule has 0 spiro atoms. The fourth-order valence-electron chi connectivity index (χ4n) is 1.61. The molecule has 0 radical (unpaired) electrons. The summed E-state index contributed by atoms with van der Waals surface area (Å²) in [6, 6.07) is 7.79. The topological polar surface area (TPSA) is 46.2 Å². The second kappa shape index (κ2) is 3.70. The number of anilines is 1. The van der Waals surface area contributed by atoms with Gasteiger partial charge in [-0.05, 0) is 24.6 Å². The van der Waals surface area contributed by atoms with Crippen molar-refractivity contribution in [2.45, 2.75) is 13.0 Å². The third-order valence-electron chi connectivity index (χ3n) is 2.30. The van der Waals surface area contributed by atoms with E-state index in [1.165, 1.54) is 5.41 Å². The molecule has 1 atom stereocenters. The van der Waals surface area contributed by atoms with Crippen LogP contribution in [0.25, 0.3) is 0 Å². The highest BCUT2D eigenvalue weighted by Gasteiger charge is 2.21. The summed E-state index contributed by atoms with van der Waals surface area (Å²) in [5, 5.41) is 4.45. The van der Waals surface area contributed by atoms with Crippen LogP contribution >= 0.6 is 0 Å². The van der Waals surface area contributed by atoms with Gasteiger partial charge in [-0.1, -0.05) is 18.2 Å². The highest BCUT2D eigenvalue weighted by atomic mass is 32.2. The van der Waals surface area contributed by atoms with Crippen LogP contribution in [0, 0.1) is 6.92 Å². The molecule has 80 valence electrons. The molecule has 15 heavy (non-hydrogen) atoms. The van der Waals surface area contributed by atoms with Gasteiger partial charge in [0.15, 0.2) is 9.84 Å². The molecule has 1 aliphatic heterocycles. The summed E-state index contributed by atoms with van der Waals surface area (Å²) in [4.78, 5) is 0. The average Bonchev–Trinajstić information content (AvgIpc) is 2.45. The first-order valence-corrected chi connectivity index (χ1v) is 6.51. The first-order chi connectivity index (χ1) is 7.05. The summed E-state index contributed by atoms with van der Waals surface area (Å²) < 4.78 is 22.3. The molecule has 1 heterocycles. The van der Waals surface area contributed by atoms with E-state index in [0.717, 1.165) is 11.3 Å². The molecule has 0 fully saturated rings. The summed E-state index contributed by atoms with van der Waals surface area (Å²) >= 11 is 0. The van der Waals surface area contributed by atoms with E-state index in [4.69, 9.17) is 0 Å². The normalized spacial score (nSPS) is 22.9. The lowest BCUT2D eigenvalue weighted by molar-refractivity contribution is 0.605. The Morgan fingerprint density at radius 1 is 1.40 bits per heavy atom. The Labute approximate surface area is 89.7 Å². The largest absolute Gasteiger partial charge is 0.378 e. The predicted octanol–water partition coefficient (Wildman–Crippen LogP) is 1.72. The average molecular weight is 223 g/mol. The first kappa shape index (κ1) is 10.2. The molecule has 0 bridgehead atoms. The van der Waals surface area contributed by atoms with E-state index in [9.17, 15) is 8.42 Å². The quantitative estimate of drug-likeness (QED) is 0.830. The molecule has 0 unspecified atom stereocenters. The van der Waals surface area contributed by atoms with Crippen LogP contribution in [0.4, 0.5) is 5.69 Å². The second-order valence-electron chi connectivity index (χ2n) is 3.78. The Balaban J connectivity index is 2.09. The van der Waals surface area contributed by atoms with E-state index in [1.807, 2.05) is 31.2 Å². The zero-order chi connectivity index (χ0) is 10.9. The molecule has 1 aromatic carbocycles. The molecule has 0 amide bonds. The van der Waals surface area contributed by atoms with Crippen molar-refractivity contribution in [1.29, 1.82) is 0 Å². The molecule has 0 aromatic heterocycles. The first-order valence-electron chi connectivity index (χ1n) is 4.79. The second-order valence-corrected chi connectivity index (χ2v) is 5.71. The van der Waals surface area contributed by atoms with Gasteiger partial charge in [-0.15, -0.1) is 0 Å². The minimum Gasteiger partial charge on any atom is -0.378 e. The Bertz CT molecular complexity index is 491. The van der Waals surface area contributed by atoms with Crippen LogP contribution in [0.3, 0.4) is 0 Å². The number of rotatable bonds is 2. The Kier molecular flexibility index (Phi) is 2.52. The van der Waals surface area contributed by atoms with Crippen molar-refractivity contribution in [1.82, 2.24) is 0 Å². The lowest BCUT2D eigenvalue weighted by Gasteiger charge is -2.11. The van der Waals surface area contributed by atoms with E-state index in [1.54, 1.807) is 6.08 Å². The number of hydrogen-bond acceptors (Lipinski definition) is 3. The minimum atomic E-state index is -2.97. The highest BCUT2D eigenvalue weighted by Crippen LogP contribution is 2.15. The van der Waals surface area contributed by atoms with Gasteiger partial charge in [-0.2, -0.15) is 0 Å². The van der Waals surface area contributed by atoms with Gasteiger partial charge in [0.1, 0.15) is 0 Å². The third-order valence-corrected chi connectivity index (χ3v) is 3.70. The predicted molar refractivity (Wildman–Crippen MR) is 61.5 cm³/mol. The number of nitrogens with one attached hydrogen (secondary N) is 1. The van der Waals surface area contributed by atoms with Crippen molar-refractivity contribution in [2.75, 3.05) is 11.1 Å². The number of hydrogen-bond donors (Lipinski definition) is 1. The van der Waals surface area contributed by atoms with Crippen LogP contribution in [-0.4, -0.2) is 20.2 Å². The molecule has 1 N–H and O–H groups in total. The highest BCUT2D eigenvalue weighted by molar-refractivity contribution is 7.94.